The molecule has 1 saturated carbocycles. The highest BCUT2D eigenvalue weighted by atomic mass is 35.5. The first-order valence-electron chi connectivity index (χ1n) is 7.18. The monoisotopic (exact) mass is 313 g/mol. The second-order valence-electron chi connectivity index (χ2n) is 6.06. The summed E-state index contributed by atoms with van der Waals surface area (Å²) in [5.74, 6) is -1.23. The summed E-state index contributed by atoms with van der Waals surface area (Å²) in [5.41, 5.74) is 0. The van der Waals surface area contributed by atoms with Crippen molar-refractivity contribution >= 4 is 17.5 Å². The molecule has 6 heteroatoms. The van der Waals surface area contributed by atoms with Crippen LogP contribution in [0.1, 0.15) is 46.0 Å². The van der Waals surface area contributed by atoms with Gasteiger partial charge in [0.05, 0.1) is 11.3 Å². The van der Waals surface area contributed by atoms with Crippen molar-refractivity contribution in [3.05, 3.63) is 0 Å². The van der Waals surface area contributed by atoms with Crippen molar-refractivity contribution in [2.45, 2.75) is 57.5 Å². The van der Waals surface area contributed by atoms with Gasteiger partial charge >= 0.3 is 6.18 Å². The average Bonchev–Trinajstić information content (AvgIpc) is 2.34. The summed E-state index contributed by atoms with van der Waals surface area (Å²) in [6.07, 6.45) is -2.58. The van der Waals surface area contributed by atoms with E-state index in [1.807, 2.05) is 0 Å². The fourth-order valence-corrected chi connectivity index (χ4v) is 3.07. The molecular weight excluding hydrogens is 291 g/mol. The highest BCUT2D eigenvalue weighted by Crippen LogP contribution is 2.39. The summed E-state index contributed by atoms with van der Waals surface area (Å²) in [6, 6.07) is 0. The van der Waals surface area contributed by atoms with Crippen LogP contribution in [0.5, 0.6) is 0 Å². The van der Waals surface area contributed by atoms with Gasteiger partial charge in [0, 0.05) is 12.5 Å². The van der Waals surface area contributed by atoms with Gasteiger partial charge in [-0.05, 0) is 38.0 Å². The van der Waals surface area contributed by atoms with Gasteiger partial charge in [0.25, 0.3) is 0 Å². The van der Waals surface area contributed by atoms with Crippen LogP contribution in [-0.2, 0) is 4.79 Å². The highest BCUT2D eigenvalue weighted by Gasteiger charge is 2.42. The molecule has 0 spiro atoms. The SMILES string of the molecule is CC(C)CC(Cl)CNC(=O)C1CCC(C(F)(F)F)CC1. The van der Waals surface area contributed by atoms with Gasteiger partial charge in [-0.15, -0.1) is 11.6 Å². The van der Waals surface area contributed by atoms with Crippen LogP contribution in [-0.4, -0.2) is 24.0 Å². The maximum Gasteiger partial charge on any atom is 0.391 e. The Morgan fingerprint density at radius 3 is 2.25 bits per heavy atom. The van der Waals surface area contributed by atoms with Crippen molar-refractivity contribution in [1.29, 1.82) is 0 Å². The molecule has 0 aromatic rings. The Kier molecular flexibility index (Phi) is 6.62. The molecule has 0 aromatic carbocycles. The third-order valence-corrected chi connectivity index (χ3v) is 4.12. The van der Waals surface area contributed by atoms with Crippen molar-refractivity contribution < 1.29 is 18.0 Å². The standard InChI is InChI=1S/C14H23ClF3NO/c1-9(2)7-12(15)8-19-13(20)10-3-5-11(6-4-10)14(16,17)18/h9-12H,3-8H2,1-2H3,(H,19,20). The van der Waals surface area contributed by atoms with E-state index in [-0.39, 0.29) is 30.0 Å². The van der Waals surface area contributed by atoms with Gasteiger partial charge < -0.3 is 5.32 Å². The molecular formula is C14H23ClF3NO. The van der Waals surface area contributed by atoms with Crippen LogP contribution in [0.15, 0.2) is 0 Å². The third kappa shape index (κ3) is 5.90. The van der Waals surface area contributed by atoms with Crippen LogP contribution in [0.3, 0.4) is 0 Å². The lowest BCUT2D eigenvalue weighted by atomic mass is 9.81. The number of nitrogens with one attached hydrogen (secondary N) is 1. The van der Waals surface area contributed by atoms with Crippen molar-refractivity contribution in [3.8, 4) is 0 Å². The summed E-state index contributed by atoms with van der Waals surface area (Å²) >= 11 is 6.08. The lowest BCUT2D eigenvalue weighted by Gasteiger charge is -2.29. The van der Waals surface area contributed by atoms with Crippen LogP contribution in [0, 0.1) is 17.8 Å². The molecule has 1 amide bonds. The molecule has 0 heterocycles. The maximum atomic E-state index is 12.5. The Morgan fingerprint density at radius 1 is 1.25 bits per heavy atom. The number of carbonyl (C=O) groups excluding carboxylic acids is 1. The molecule has 2 nitrogen and oxygen atoms in total. The molecule has 1 N–H and O–H groups in total. The number of amides is 1. The number of alkyl halides is 4. The molecule has 1 rings (SSSR count). The number of hydrogen-bond acceptors (Lipinski definition) is 1. The smallest absolute Gasteiger partial charge is 0.354 e. The Labute approximate surface area is 123 Å². The quantitative estimate of drug-likeness (QED) is 0.760. The van der Waals surface area contributed by atoms with Gasteiger partial charge in [-0.1, -0.05) is 13.8 Å². The molecule has 0 bridgehead atoms. The minimum absolute atomic E-state index is 0.0535. The summed E-state index contributed by atoms with van der Waals surface area (Å²) in [4.78, 5) is 11.9. The van der Waals surface area contributed by atoms with E-state index in [9.17, 15) is 18.0 Å². The zero-order valence-corrected chi connectivity index (χ0v) is 12.7. The van der Waals surface area contributed by atoms with E-state index in [1.54, 1.807) is 0 Å². The Hall–Kier alpha value is -0.450. The molecule has 0 saturated heterocycles. The summed E-state index contributed by atoms with van der Waals surface area (Å²) in [6.45, 7) is 4.49. The lowest BCUT2D eigenvalue weighted by molar-refractivity contribution is -0.184. The third-order valence-electron chi connectivity index (χ3n) is 3.79. The highest BCUT2D eigenvalue weighted by molar-refractivity contribution is 6.20. The minimum atomic E-state index is -4.13. The largest absolute Gasteiger partial charge is 0.391 e. The van der Waals surface area contributed by atoms with Crippen molar-refractivity contribution in [3.63, 3.8) is 0 Å². The molecule has 1 atom stereocenters. The second-order valence-corrected chi connectivity index (χ2v) is 6.68. The van der Waals surface area contributed by atoms with Crippen LogP contribution in [0.2, 0.25) is 0 Å². The van der Waals surface area contributed by atoms with Gasteiger partial charge in [0.15, 0.2) is 0 Å². The topological polar surface area (TPSA) is 29.1 Å². The summed E-state index contributed by atoms with van der Waals surface area (Å²) in [7, 11) is 0. The Balaban J connectivity index is 2.29. The van der Waals surface area contributed by atoms with Crippen molar-refractivity contribution in [1.82, 2.24) is 5.32 Å². The van der Waals surface area contributed by atoms with Gasteiger partial charge in [-0.2, -0.15) is 13.2 Å². The molecule has 1 aliphatic rings. The number of hydrogen-bond donors (Lipinski definition) is 1. The normalized spacial score (nSPS) is 25.6. The van der Waals surface area contributed by atoms with E-state index in [1.165, 1.54) is 0 Å². The Bertz CT molecular complexity index is 312. The predicted octanol–water partition coefficient (Wildman–Crippen LogP) is 4.12. The molecule has 0 aliphatic heterocycles. The second kappa shape index (κ2) is 7.53. The maximum absolute atomic E-state index is 12.5. The molecule has 0 radical (unpaired) electrons. The zero-order chi connectivity index (χ0) is 15.3. The van der Waals surface area contributed by atoms with Crippen LogP contribution in [0.25, 0.3) is 0 Å². The Morgan fingerprint density at radius 2 is 1.80 bits per heavy atom. The first-order chi connectivity index (χ1) is 9.20. The molecule has 1 unspecified atom stereocenters. The predicted molar refractivity (Wildman–Crippen MR) is 73.6 cm³/mol. The molecule has 1 aliphatic carbocycles. The fourth-order valence-electron chi connectivity index (χ4n) is 2.63. The number of halogens is 4. The van der Waals surface area contributed by atoms with E-state index >= 15 is 0 Å². The van der Waals surface area contributed by atoms with E-state index < -0.39 is 12.1 Å². The van der Waals surface area contributed by atoms with Crippen LogP contribution < -0.4 is 5.32 Å². The van der Waals surface area contributed by atoms with Crippen LogP contribution >= 0.6 is 11.6 Å². The van der Waals surface area contributed by atoms with Crippen molar-refractivity contribution in [2.75, 3.05) is 6.54 Å². The molecule has 0 aromatic heterocycles. The van der Waals surface area contributed by atoms with E-state index in [4.69, 9.17) is 11.6 Å². The number of rotatable bonds is 5. The van der Waals surface area contributed by atoms with Gasteiger partial charge in [0.1, 0.15) is 0 Å². The number of carbonyl (C=O) groups is 1. The van der Waals surface area contributed by atoms with Gasteiger partial charge in [-0.25, -0.2) is 0 Å². The van der Waals surface area contributed by atoms with Gasteiger partial charge in [0.2, 0.25) is 5.91 Å². The average molecular weight is 314 g/mol. The van der Waals surface area contributed by atoms with E-state index in [0.717, 1.165) is 6.42 Å². The van der Waals surface area contributed by atoms with Crippen molar-refractivity contribution in [2.24, 2.45) is 17.8 Å². The van der Waals surface area contributed by atoms with E-state index in [2.05, 4.69) is 19.2 Å². The first-order valence-corrected chi connectivity index (χ1v) is 7.62. The fraction of sp³-hybridized carbons (Fsp3) is 0.929. The van der Waals surface area contributed by atoms with Gasteiger partial charge in [-0.3, -0.25) is 4.79 Å². The zero-order valence-electron chi connectivity index (χ0n) is 12.0. The first kappa shape index (κ1) is 17.6. The lowest BCUT2D eigenvalue weighted by Crippen LogP contribution is -2.38. The summed E-state index contributed by atoms with van der Waals surface area (Å²) in [5, 5.41) is 2.64. The summed E-state index contributed by atoms with van der Waals surface area (Å²) < 4.78 is 37.6. The minimum Gasteiger partial charge on any atom is -0.354 e. The molecule has 1 fully saturated rings. The molecule has 20 heavy (non-hydrogen) atoms. The van der Waals surface area contributed by atoms with Crippen LogP contribution in [0.4, 0.5) is 13.2 Å². The molecule has 118 valence electrons. The van der Waals surface area contributed by atoms with E-state index in [0.29, 0.717) is 25.3 Å².